The number of hydrogen-bond donors (Lipinski definition) is 1. The zero-order chi connectivity index (χ0) is 13.7. The third kappa shape index (κ3) is 3.70. The molecule has 1 atom stereocenters. The second-order valence-electron chi connectivity index (χ2n) is 5.04. The zero-order valence-electron chi connectivity index (χ0n) is 11.5. The van der Waals surface area contributed by atoms with E-state index in [1.165, 1.54) is 6.42 Å². The van der Waals surface area contributed by atoms with E-state index in [1.54, 1.807) is 7.11 Å². The molecule has 1 heterocycles. The van der Waals surface area contributed by atoms with Gasteiger partial charge in [0.2, 0.25) is 5.91 Å². The smallest absolute Gasteiger partial charge is 0.239 e. The van der Waals surface area contributed by atoms with Crippen molar-refractivity contribution in [3.63, 3.8) is 0 Å². The van der Waals surface area contributed by atoms with E-state index in [2.05, 4.69) is 0 Å². The molecule has 1 aliphatic rings. The highest BCUT2D eigenvalue weighted by atomic mass is 16.5. The molecular formula is C15H22N2O2. The summed E-state index contributed by atoms with van der Waals surface area (Å²) in [4.78, 5) is 14.1. The molecule has 0 saturated carbocycles. The topological polar surface area (TPSA) is 55.6 Å². The molecular weight excluding hydrogens is 240 g/mol. The predicted molar refractivity (Wildman–Crippen MR) is 75.1 cm³/mol. The minimum absolute atomic E-state index is 0.0792. The molecule has 0 bridgehead atoms. The van der Waals surface area contributed by atoms with E-state index >= 15 is 0 Å². The van der Waals surface area contributed by atoms with Gasteiger partial charge in [-0.25, -0.2) is 0 Å². The number of carbonyl (C=O) groups excluding carboxylic acids is 1. The average Bonchev–Trinajstić information content (AvgIpc) is 2.48. The summed E-state index contributed by atoms with van der Waals surface area (Å²) < 4.78 is 5.11. The van der Waals surface area contributed by atoms with Crippen molar-refractivity contribution in [2.45, 2.75) is 31.7 Å². The first-order valence-electron chi connectivity index (χ1n) is 6.88. The summed E-state index contributed by atoms with van der Waals surface area (Å²) in [6.45, 7) is 1.71. The van der Waals surface area contributed by atoms with Gasteiger partial charge in [-0.05, 0) is 43.4 Å². The van der Waals surface area contributed by atoms with Crippen molar-refractivity contribution in [1.82, 2.24) is 4.90 Å². The van der Waals surface area contributed by atoms with Crippen LogP contribution in [-0.2, 0) is 11.2 Å². The summed E-state index contributed by atoms with van der Waals surface area (Å²) in [7, 11) is 1.64. The van der Waals surface area contributed by atoms with Gasteiger partial charge in [0.25, 0.3) is 0 Å². The Hall–Kier alpha value is -1.55. The molecule has 1 aromatic carbocycles. The maximum Gasteiger partial charge on any atom is 0.239 e. The van der Waals surface area contributed by atoms with Crippen LogP contribution < -0.4 is 10.5 Å². The lowest BCUT2D eigenvalue weighted by Crippen LogP contribution is -2.46. The van der Waals surface area contributed by atoms with Crippen LogP contribution in [0.25, 0.3) is 0 Å². The Kier molecular flexibility index (Phi) is 4.80. The molecule has 0 spiro atoms. The Morgan fingerprint density at radius 2 is 1.89 bits per heavy atom. The third-order valence-electron chi connectivity index (χ3n) is 3.60. The summed E-state index contributed by atoms with van der Waals surface area (Å²) in [6.07, 6.45) is 4.00. The van der Waals surface area contributed by atoms with Gasteiger partial charge in [-0.15, -0.1) is 0 Å². The number of rotatable bonds is 4. The molecule has 1 unspecified atom stereocenters. The molecule has 1 saturated heterocycles. The van der Waals surface area contributed by atoms with Crippen molar-refractivity contribution in [2.75, 3.05) is 20.2 Å². The van der Waals surface area contributed by atoms with Crippen LogP contribution in [-0.4, -0.2) is 37.0 Å². The lowest BCUT2D eigenvalue weighted by molar-refractivity contribution is -0.133. The zero-order valence-corrected chi connectivity index (χ0v) is 11.5. The molecule has 1 aromatic rings. The second kappa shape index (κ2) is 6.57. The molecule has 104 valence electrons. The maximum atomic E-state index is 12.2. The monoisotopic (exact) mass is 262 g/mol. The standard InChI is InChI=1S/C15H22N2O2/c1-19-13-7-5-12(6-8-13)11-14(16)15(18)17-9-3-2-4-10-17/h5-8,14H,2-4,9-11,16H2,1H3. The largest absolute Gasteiger partial charge is 0.497 e. The second-order valence-corrected chi connectivity index (χ2v) is 5.04. The minimum atomic E-state index is -0.438. The molecule has 2 rings (SSSR count). The van der Waals surface area contributed by atoms with Gasteiger partial charge in [-0.1, -0.05) is 12.1 Å². The number of nitrogens with two attached hydrogens (primary N) is 1. The molecule has 2 N–H and O–H groups in total. The highest BCUT2D eigenvalue weighted by Gasteiger charge is 2.22. The molecule has 1 aliphatic heterocycles. The number of carbonyl (C=O) groups is 1. The first kappa shape index (κ1) is 13.9. The minimum Gasteiger partial charge on any atom is -0.497 e. The van der Waals surface area contributed by atoms with E-state index in [0.717, 1.165) is 37.2 Å². The molecule has 0 radical (unpaired) electrons. The predicted octanol–water partition coefficient (Wildman–Crippen LogP) is 1.58. The van der Waals surface area contributed by atoms with Crippen molar-refractivity contribution >= 4 is 5.91 Å². The Morgan fingerprint density at radius 1 is 1.26 bits per heavy atom. The SMILES string of the molecule is COc1ccc(CC(N)C(=O)N2CCCCC2)cc1. The fourth-order valence-corrected chi connectivity index (χ4v) is 2.45. The molecule has 0 aliphatic carbocycles. The highest BCUT2D eigenvalue weighted by Crippen LogP contribution is 2.14. The Bertz CT molecular complexity index is 411. The van der Waals surface area contributed by atoms with Crippen LogP contribution in [0.4, 0.5) is 0 Å². The van der Waals surface area contributed by atoms with Crippen LogP contribution in [0.5, 0.6) is 5.75 Å². The van der Waals surface area contributed by atoms with Crippen LogP contribution in [0.2, 0.25) is 0 Å². The number of methoxy groups -OCH3 is 1. The molecule has 19 heavy (non-hydrogen) atoms. The fourth-order valence-electron chi connectivity index (χ4n) is 2.45. The summed E-state index contributed by atoms with van der Waals surface area (Å²) in [5.74, 6) is 0.898. The average molecular weight is 262 g/mol. The van der Waals surface area contributed by atoms with E-state index in [4.69, 9.17) is 10.5 Å². The summed E-state index contributed by atoms with van der Waals surface area (Å²) >= 11 is 0. The van der Waals surface area contributed by atoms with E-state index < -0.39 is 6.04 Å². The van der Waals surface area contributed by atoms with Crippen molar-refractivity contribution in [1.29, 1.82) is 0 Å². The van der Waals surface area contributed by atoms with Crippen molar-refractivity contribution in [3.05, 3.63) is 29.8 Å². The Morgan fingerprint density at radius 3 is 2.47 bits per heavy atom. The summed E-state index contributed by atoms with van der Waals surface area (Å²) in [5.41, 5.74) is 7.10. The number of hydrogen-bond acceptors (Lipinski definition) is 3. The molecule has 1 amide bonds. The van der Waals surface area contributed by atoms with E-state index in [0.29, 0.717) is 6.42 Å². The number of piperidine rings is 1. The summed E-state index contributed by atoms with van der Waals surface area (Å²) in [5, 5.41) is 0. The summed E-state index contributed by atoms with van der Waals surface area (Å²) in [6, 6.07) is 7.28. The van der Waals surface area contributed by atoms with Gasteiger partial charge in [0.1, 0.15) is 5.75 Å². The van der Waals surface area contributed by atoms with Gasteiger partial charge >= 0.3 is 0 Å². The Labute approximate surface area is 114 Å². The third-order valence-corrected chi connectivity index (χ3v) is 3.60. The number of amides is 1. The number of ether oxygens (including phenoxy) is 1. The van der Waals surface area contributed by atoms with Crippen LogP contribution >= 0.6 is 0 Å². The van der Waals surface area contributed by atoms with Gasteiger partial charge in [0.15, 0.2) is 0 Å². The molecule has 1 fully saturated rings. The number of benzene rings is 1. The normalized spacial score (nSPS) is 17.1. The highest BCUT2D eigenvalue weighted by molar-refractivity contribution is 5.82. The van der Waals surface area contributed by atoms with Gasteiger partial charge in [0, 0.05) is 13.1 Å². The first-order chi connectivity index (χ1) is 9.20. The maximum absolute atomic E-state index is 12.2. The Balaban J connectivity index is 1.91. The van der Waals surface area contributed by atoms with E-state index in [1.807, 2.05) is 29.2 Å². The van der Waals surface area contributed by atoms with Gasteiger partial charge < -0.3 is 15.4 Å². The lowest BCUT2D eigenvalue weighted by Gasteiger charge is -2.29. The van der Waals surface area contributed by atoms with Crippen LogP contribution in [0.15, 0.2) is 24.3 Å². The van der Waals surface area contributed by atoms with Gasteiger partial charge in [-0.3, -0.25) is 4.79 Å². The van der Waals surface area contributed by atoms with Gasteiger partial charge in [-0.2, -0.15) is 0 Å². The quantitative estimate of drug-likeness (QED) is 0.896. The van der Waals surface area contributed by atoms with Crippen molar-refractivity contribution < 1.29 is 9.53 Å². The molecule has 4 nitrogen and oxygen atoms in total. The van der Waals surface area contributed by atoms with Gasteiger partial charge in [0.05, 0.1) is 13.2 Å². The molecule has 0 aromatic heterocycles. The first-order valence-corrected chi connectivity index (χ1v) is 6.88. The van der Waals surface area contributed by atoms with E-state index in [9.17, 15) is 4.79 Å². The van der Waals surface area contributed by atoms with Crippen LogP contribution in [0, 0.1) is 0 Å². The lowest BCUT2D eigenvalue weighted by atomic mass is 10.0. The van der Waals surface area contributed by atoms with E-state index in [-0.39, 0.29) is 5.91 Å². The fraction of sp³-hybridized carbons (Fsp3) is 0.533. The van der Waals surface area contributed by atoms with Crippen molar-refractivity contribution in [2.24, 2.45) is 5.73 Å². The van der Waals surface area contributed by atoms with Crippen LogP contribution in [0.1, 0.15) is 24.8 Å². The molecule has 4 heteroatoms. The number of nitrogens with zero attached hydrogens (tertiary/aromatic N) is 1. The van der Waals surface area contributed by atoms with Crippen molar-refractivity contribution in [3.8, 4) is 5.75 Å². The number of likely N-dealkylation sites (tertiary alicyclic amines) is 1. The van der Waals surface area contributed by atoms with Crippen LogP contribution in [0.3, 0.4) is 0 Å².